The van der Waals surface area contributed by atoms with Crippen molar-refractivity contribution in [2.24, 2.45) is 0 Å². The number of rotatable bonds is 6. The zero-order valence-corrected chi connectivity index (χ0v) is 43.5. The van der Waals surface area contributed by atoms with E-state index >= 15 is 0 Å². The van der Waals surface area contributed by atoms with E-state index in [1.54, 1.807) is 0 Å². The monoisotopic (exact) mass is 909 g/mol. The molecule has 0 aliphatic heterocycles. The predicted octanol–water partition coefficient (Wildman–Crippen LogP) is 20.3. The first-order valence-electron chi connectivity index (χ1n) is 25.3. The molecule has 0 spiro atoms. The molecule has 0 aliphatic carbocycles. The molecule has 0 radical (unpaired) electrons. The Hall–Kier alpha value is -7.02. The highest BCUT2D eigenvalue weighted by molar-refractivity contribution is 6.34. The smallest absolute Gasteiger partial charge is 0.000139 e. The number of benzene rings is 10. The van der Waals surface area contributed by atoms with Gasteiger partial charge in [0.05, 0.1) is 0 Å². The second-order valence-electron chi connectivity index (χ2n) is 23.8. The van der Waals surface area contributed by atoms with Gasteiger partial charge >= 0.3 is 0 Å². The summed E-state index contributed by atoms with van der Waals surface area (Å²) in [6.45, 7) is 27.7. The average Bonchev–Trinajstić information content (AvgIpc) is 3.34. The summed E-state index contributed by atoms with van der Waals surface area (Å²) < 4.78 is 0. The lowest BCUT2D eigenvalue weighted by Gasteiger charge is -2.28. The molecule has 0 aliphatic rings. The van der Waals surface area contributed by atoms with Crippen LogP contribution in [0.4, 0.5) is 0 Å². The van der Waals surface area contributed by atoms with Crippen LogP contribution in [0.3, 0.4) is 0 Å². The fourth-order valence-corrected chi connectivity index (χ4v) is 10.6. The van der Waals surface area contributed by atoms with Crippen LogP contribution in [0, 0.1) is 0 Å². The molecule has 0 N–H and O–H groups in total. The van der Waals surface area contributed by atoms with Gasteiger partial charge in [0, 0.05) is 0 Å². The average molecular weight is 909 g/mol. The molecule has 0 unspecified atom stereocenters. The highest BCUT2D eigenvalue weighted by Crippen LogP contribution is 2.54. The molecule has 70 heavy (non-hydrogen) atoms. The number of hydrogen-bond donors (Lipinski definition) is 0. The second-order valence-corrected chi connectivity index (χ2v) is 23.8. The van der Waals surface area contributed by atoms with Gasteiger partial charge < -0.3 is 0 Å². The molecule has 0 aromatic heterocycles. The van der Waals surface area contributed by atoms with Crippen LogP contribution in [0.25, 0.3) is 99.1 Å². The highest BCUT2D eigenvalue weighted by Gasteiger charge is 2.28. The normalized spacial score (nSPS) is 12.6. The molecule has 0 saturated carbocycles. The first-order chi connectivity index (χ1) is 33.3. The summed E-state index contributed by atoms with van der Waals surface area (Å²) in [5.74, 6) is 0. The van der Waals surface area contributed by atoms with Crippen molar-refractivity contribution >= 4 is 32.3 Å². The molecular formula is C70H68. The van der Waals surface area contributed by atoms with Crippen LogP contribution in [0.1, 0.15) is 105 Å². The molecule has 0 atom stereocenters. The Labute approximate surface area is 418 Å². The zero-order chi connectivity index (χ0) is 49.3. The summed E-state index contributed by atoms with van der Waals surface area (Å²) in [4.78, 5) is 0. The third-order valence-electron chi connectivity index (χ3n) is 14.7. The minimum absolute atomic E-state index is 0.0641. The Morgan fingerprint density at radius 2 is 0.429 bits per heavy atom. The molecule has 348 valence electrons. The summed E-state index contributed by atoms with van der Waals surface area (Å²) in [7, 11) is 0. The molecule has 0 saturated heterocycles. The van der Waals surface area contributed by atoms with E-state index in [0.29, 0.717) is 0 Å². The van der Waals surface area contributed by atoms with E-state index in [9.17, 15) is 0 Å². The first-order valence-corrected chi connectivity index (χ1v) is 25.3. The molecule has 0 fully saturated rings. The Morgan fingerprint density at radius 3 is 0.714 bits per heavy atom. The molecule has 10 aromatic carbocycles. The number of hydrogen-bond acceptors (Lipinski definition) is 0. The van der Waals surface area contributed by atoms with Crippen LogP contribution in [0.2, 0.25) is 0 Å². The van der Waals surface area contributed by atoms with Crippen molar-refractivity contribution < 1.29 is 0 Å². The maximum atomic E-state index is 2.51. The standard InChI is InChI=1S/C70H68/c1-67(2,3)53-35-31-47(32-36-53)45-23-27-51(28-24-45)63-59-43-55(69(7,8)9)39-41-57(59)62(50-21-17-14-18-22-50)66-64(52-29-25-46(26-30-52)48-33-37-54(38-34-48)68(4,5)6)60-44-56(70(10,11)12)40-42-58(60)61(65(63)66)49-19-15-13-16-20-49/h13-44H,1-12H3. The lowest BCUT2D eigenvalue weighted by molar-refractivity contribution is 0.590. The van der Waals surface area contributed by atoms with E-state index in [1.165, 1.54) is 121 Å². The van der Waals surface area contributed by atoms with Crippen molar-refractivity contribution in [1.29, 1.82) is 0 Å². The highest BCUT2D eigenvalue weighted by atomic mass is 14.3. The van der Waals surface area contributed by atoms with Crippen LogP contribution in [-0.4, -0.2) is 0 Å². The Morgan fingerprint density at radius 1 is 0.200 bits per heavy atom. The van der Waals surface area contributed by atoms with Crippen LogP contribution >= 0.6 is 0 Å². The van der Waals surface area contributed by atoms with Crippen molar-refractivity contribution in [3.05, 3.63) is 216 Å². The fourth-order valence-electron chi connectivity index (χ4n) is 10.6. The van der Waals surface area contributed by atoms with Crippen LogP contribution in [0.5, 0.6) is 0 Å². The van der Waals surface area contributed by atoms with E-state index in [1.807, 2.05) is 0 Å². The van der Waals surface area contributed by atoms with Crippen molar-refractivity contribution in [1.82, 2.24) is 0 Å². The van der Waals surface area contributed by atoms with Crippen LogP contribution < -0.4 is 0 Å². The van der Waals surface area contributed by atoms with Gasteiger partial charge in [-0.25, -0.2) is 0 Å². The van der Waals surface area contributed by atoms with E-state index in [2.05, 4.69) is 277 Å². The maximum Gasteiger partial charge on any atom is -0.000139 e. The molecule has 0 bridgehead atoms. The minimum Gasteiger partial charge on any atom is -0.0622 e. The van der Waals surface area contributed by atoms with Gasteiger partial charge in [-0.1, -0.05) is 265 Å². The van der Waals surface area contributed by atoms with Crippen LogP contribution in [-0.2, 0) is 21.7 Å². The molecule has 10 aromatic rings. The zero-order valence-electron chi connectivity index (χ0n) is 43.5. The lowest BCUT2D eigenvalue weighted by atomic mass is 9.75. The van der Waals surface area contributed by atoms with Crippen LogP contribution in [0.15, 0.2) is 194 Å². The van der Waals surface area contributed by atoms with E-state index in [0.717, 1.165) is 0 Å². The summed E-state index contributed by atoms with van der Waals surface area (Å²) in [5.41, 5.74) is 20.2. The van der Waals surface area contributed by atoms with Crippen molar-refractivity contribution in [2.45, 2.75) is 105 Å². The van der Waals surface area contributed by atoms with Gasteiger partial charge in [-0.05, 0) is 155 Å². The topological polar surface area (TPSA) is 0 Å². The van der Waals surface area contributed by atoms with E-state index in [4.69, 9.17) is 0 Å². The third-order valence-corrected chi connectivity index (χ3v) is 14.7. The Bertz CT molecular complexity index is 3280. The maximum absolute atomic E-state index is 2.51. The van der Waals surface area contributed by atoms with E-state index < -0.39 is 0 Å². The van der Waals surface area contributed by atoms with Crippen molar-refractivity contribution in [2.75, 3.05) is 0 Å². The molecule has 0 heterocycles. The van der Waals surface area contributed by atoms with Gasteiger partial charge in [-0.15, -0.1) is 0 Å². The van der Waals surface area contributed by atoms with Crippen molar-refractivity contribution in [3.63, 3.8) is 0 Å². The fraction of sp³-hybridized carbons (Fsp3) is 0.229. The lowest BCUT2D eigenvalue weighted by Crippen LogP contribution is -2.11. The first kappa shape index (κ1) is 46.7. The summed E-state index contributed by atoms with van der Waals surface area (Å²) in [5, 5.41) is 7.60. The predicted molar refractivity (Wildman–Crippen MR) is 306 cm³/mol. The van der Waals surface area contributed by atoms with Gasteiger partial charge in [-0.2, -0.15) is 0 Å². The van der Waals surface area contributed by atoms with Gasteiger partial charge in [0.2, 0.25) is 0 Å². The third kappa shape index (κ3) is 8.68. The quantitative estimate of drug-likeness (QED) is 0.146. The minimum atomic E-state index is -0.0641. The van der Waals surface area contributed by atoms with Crippen molar-refractivity contribution in [3.8, 4) is 66.8 Å². The second kappa shape index (κ2) is 17.4. The van der Waals surface area contributed by atoms with Gasteiger partial charge in [0.1, 0.15) is 0 Å². The van der Waals surface area contributed by atoms with E-state index in [-0.39, 0.29) is 21.7 Å². The Balaban J connectivity index is 1.38. The van der Waals surface area contributed by atoms with Gasteiger partial charge in [0.15, 0.2) is 0 Å². The molecule has 0 heteroatoms. The van der Waals surface area contributed by atoms with Gasteiger partial charge in [0.25, 0.3) is 0 Å². The number of fused-ring (bicyclic) bond motifs is 3. The summed E-state index contributed by atoms with van der Waals surface area (Å²) in [6.07, 6.45) is 0. The largest absolute Gasteiger partial charge is 0.0622 e. The molecule has 10 rings (SSSR count). The summed E-state index contributed by atoms with van der Waals surface area (Å²) in [6, 6.07) is 74.2. The molecule has 0 amide bonds. The Kier molecular flexibility index (Phi) is 11.6. The summed E-state index contributed by atoms with van der Waals surface area (Å²) >= 11 is 0. The SMILES string of the molecule is CC(C)(C)c1ccc(-c2ccc(-c3c4cc(C(C)(C)C)ccc4c(-c4ccccc4)c4c(-c5ccc(-c6ccc(C(C)(C)C)cc6)cc5)c5cc(C(C)(C)C)ccc5c(-c5ccccc5)c34)cc2)cc1. The molecular weight excluding hydrogens is 841 g/mol. The molecule has 0 nitrogen and oxygen atoms in total. The van der Waals surface area contributed by atoms with Gasteiger partial charge in [-0.3, -0.25) is 0 Å².